The van der Waals surface area contributed by atoms with Crippen LogP contribution in [0.5, 0.6) is 0 Å². The van der Waals surface area contributed by atoms with Crippen LogP contribution < -0.4 is 0 Å². The maximum atomic E-state index is 13.8. The molecule has 2 heterocycles. The van der Waals surface area contributed by atoms with E-state index < -0.39 is 11.6 Å². The number of nitrogens with zero attached hydrogens (tertiary/aromatic N) is 2. The minimum atomic E-state index is -0.459. The molecule has 1 amide bonds. The van der Waals surface area contributed by atoms with Crippen LogP contribution in [0, 0.1) is 18.6 Å². The first kappa shape index (κ1) is 13.2. The Balaban J connectivity index is 1.89. The van der Waals surface area contributed by atoms with Gasteiger partial charge in [0.05, 0.1) is 5.69 Å². The van der Waals surface area contributed by atoms with E-state index in [1.54, 1.807) is 6.07 Å². The minimum Gasteiger partial charge on any atom is -0.333 e. The van der Waals surface area contributed by atoms with Crippen molar-refractivity contribution in [3.63, 3.8) is 0 Å². The average molecular weight is 294 g/mol. The van der Waals surface area contributed by atoms with Gasteiger partial charge >= 0.3 is 0 Å². The lowest BCUT2D eigenvalue weighted by Crippen LogP contribution is -2.36. The summed E-state index contributed by atoms with van der Waals surface area (Å²) in [6.07, 6.45) is 0.336. The summed E-state index contributed by atoms with van der Waals surface area (Å²) in [5.74, 6) is -1.04. The first-order valence-electron chi connectivity index (χ1n) is 6.24. The summed E-state index contributed by atoms with van der Waals surface area (Å²) in [6, 6.07) is 3.96. The molecule has 1 aliphatic rings. The normalized spacial score (nSPS) is 14.2. The molecule has 0 bridgehead atoms. The third-order valence-corrected chi connectivity index (χ3v) is 4.29. The molecule has 3 nitrogen and oxygen atoms in total. The van der Waals surface area contributed by atoms with E-state index in [9.17, 15) is 13.6 Å². The second kappa shape index (κ2) is 4.94. The first-order chi connectivity index (χ1) is 9.56. The molecule has 0 aliphatic carbocycles. The molecule has 0 spiro atoms. The SMILES string of the molecule is Cc1cc(C(=O)N2CCc3c(F)ccc(F)c3C2)sn1. The van der Waals surface area contributed by atoms with Crippen molar-refractivity contribution >= 4 is 17.4 Å². The van der Waals surface area contributed by atoms with Gasteiger partial charge in [0.15, 0.2) is 0 Å². The van der Waals surface area contributed by atoms with Crippen LogP contribution in [0.15, 0.2) is 18.2 Å². The van der Waals surface area contributed by atoms with Crippen molar-refractivity contribution in [1.82, 2.24) is 9.27 Å². The van der Waals surface area contributed by atoms with Crippen molar-refractivity contribution in [3.05, 3.63) is 51.5 Å². The van der Waals surface area contributed by atoms with E-state index >= 15 is 0 Å². The van der Waals surface area contributed by atoms with Gasteiger partial charge in [-0.3, -0.25) is 4.79 Å². The summed E-state index contributed by atoms with van der Waals surface area (Å²) in [5.41, 5.74) is 1.45. The summed E-state index contributed by atoms with van der Waals surface area (Å²) < 4.78 is 31.5. The fourth-order valence-electron chi connectivity index (χ4n) is 2.39. The fourth-order valence-corrected chi connectivity index (χ4v) is 3.11. The molecule has 2 aromatic rings. The lowest BCUT2D eigenvalue weighted by Gasteiger charge is -2.28. The number of benzene rings is 1. The number of carbonyl (C=O) groups excluding carboxylic acids is 1. The Morgan fingerprint density at radius 3 is 2.65 bits per heavy atom. The molecule has 0 N–H and O–H groups in total. The molecule has 104 valence electrons. The quantitative estimate of drug-likeness (QED) is 0.810. The van der Waals surface area contributed by atoms with Crippen molar-refractivity contribution in [1.29, 1.82) is 0 Å². The largest absolute Gasteiger partial charge is 0.333 e. The van der Waals surface area contributed by atoms with Crippen molar-refractivity contribution in [2.45, 2.75) is 19.9 Å². The maximum absolute atomic E-state index is 13.8. The number of aryl methyl sites for hydroxylation is 1. The molecule has 0 unspecified atom stereocenters. The van der Waals surface area contributed by atoms with Crippen LogP contribution in [-0.4, -0.2) is 21.7 Å². The van der Waals surface area contributed by atoms with Crippen molar-refractivity contribution in [2.75, 3.05) is 6.54 Å². The lowest BCUT2D eigenvalue weighted by molar-refractivity contribution is 0.0736. The van der Waals surface area contributed by atoms with Gasteiger partial charge in [0.1, 0.15) is 16.5 Å². The zero-order valence-corrected chi connectivity index (χ0v) is 11.6. The van der Waals surface area contributed by atoms with Gasteiger partial charge in [-0.05, 0) is 48.6 Å². The Labute approximate surface area is 119 Å². The zero-order chi connectivity index (χ0) is 14.3. The Bertz CT molecular complexity index is 684. The van der Waals surface area contributed by atoms with Crippen LogP contribution in [-0.2, 0) is 13.0 Å². The maximum Gasteiger partial charge on any atom is 0.265 e. The molecule has 0 fully saturated rings. The summed E-state index contributed by atoms with van der Waals surface area (Å²) in [7, 11) is 0. The molecular weight excluding hydrogens is 282 g/mol. The standard InChI is InChI=1S/C14H12F2N2OS/c1-8-6-13(20-17-8)14(19)18-5-4-9-10(7-18)12(16)3-2-11(9)15/h2-3,6H,4-5,7H2,1H3. The number of rotatable bonds is 1. The summed E-state index contributed by atoms with van der Waals surface area (Å²) in [4.78, 5) is 14.4. The highest BCUT2D eigenvalue weighted by Gasteiger charge is 2.26. The van der Waals surface area contributed by atoms with Crippen LogP contribution in [0.2, 0.25) is 0 Å². The molecule has 3 rings (SSSR count). The Kier molecular flexibility index (Phi) is 3.25. The summed E-state index contributed by atoms with van der Waals surface area (Å²) in [5, 5.41) is 0. The van der Waals surface area contributed by atoms with Gasteiger partial charge in [-0.25, -0.2) is 8.78 Å². The van der Waals surface area contributed by atoms with Crippen molar-refractivity contribution < 1.29 is 13.6 Å². The number of aromatic nitrogens is 1. The van der Waals surface area contributed by atoms with Crippen molar-refractivity contribution in [2.24, 2.45) is 0 Å². The van der Waals surface area contributed by atoms with E-state index in [1.807, 2.05) is 6.92 Å². The molecule has 0 saturated carbocycles. The van der Waals surface area contributed by atoms with Gasteiger partial charge in [0, 0.05) is 18.7 Å². The molecule has 1 aliphatic heterocycles. The smallest absolute Gasteiger partial charge is 0.265 e. The molecule has 1 aromatic carbocycles. The van der Waals surface area contributed by atoms with Crippen LogP contribution in [0.25, 0.3) is 0 Å². The second-order valence-electron chi connectivity index (χ2n) is 4.80. The van der Waals surface area contributed by atoms with Gasteiger partial charge in [0.25, 0.3) is 5.91 Å². The van der Waals surface area contributed by atoms with Gasteiger partial charge in [-0.1, -0.05) is 0 Å². The van der Waals surface area contributed by atoms with Crippen LogP contribution >= 0.6 is 11.5 Å². The predicted octanol–water partition coefficient (Wildman–Crippen LogP) is 2.93. The third kappa shape index (κ3) is 2.20. The predicted molar refractivity (Wildman–Crippen MR) is 71.7 cm³/mol. The lowest BCUT2D eigenvalue weighted by atomic mass is 9.98. The third-order valence-electron chi connectivity index (χ3n) is 3.42. The highest BCUT2D eigenvalue weighted by atomic mass is 32.1. The second-order valence-corrected chi connectivity index (χ2v) is 5.60. The Hall–Kier alpha value is -1.82. The van der Waals surface area contributed by atoms with E-state index in [4.69, 9.17) is 0 Å². The van der Waals surface area contributed by atoms with E-state index in [-0.39, 0.29) is 18.0 Å². The average Bonchev–Trinajstić information content (AvgIpc) is 2.88. The van der Waals surface area contributed by atoms with E-state index in [0.717, 1.165) is 29.4 Å². The van der Waals surface area contributed by atoms with E-state index in [0.29, 0.717) is 23.4 Å². The van der Waals surface area contributed by atoms with Gasteiger partial charge in [-0.2, -0.15) is 4.37 Å². The first-order valence-corrected chi connectivity index (χ1v) is 7.02. The number of carbonyl (C=O) groups is 1. The number of hydrogen-bond donors (Lipinski definition) is 0. The topological polar surface area (TPSA) is 33.2 Å². The van der Waals surface area contributed by atoms with Gasteiger partial charge < -0.3 is 4.90 Å². The van der Waals surface area contributed by atoms with E-state index in [2.05, 4.69) is 4.37 Å². The van der Waals surface area contributed by atoms with Crippen LogP contribution in [0.3, 0.4) is 0 Å². The number of amides is 1. The number of fused-ring (bicyclic) bond motifs is 1. The minimum absolute atomic E-state index is 0.106. The Morgan fingerprint density at radius 2 is 2.00 bits per heavy atom. The van der Waals surface area contributed by atoms with Crippen molar-refractivity contribution in [3.8, 4) is 0 Å². The summed E-state index contributed by atoms with van der Waals surface area (Å²) in [6.45, 7) is 2.31. The van der Waals surface area contributed by atoms with Gasteiger partial charge in [-0.15, -0.1) is 0 Å². The monoisotopic (exact) mass is 294 g/mol. The van der Waals surface area contributed by atoms with Crippen LogP contribution in [0.4, 0.5) is 8.78 Å². The highest BCUT2D eigenvalue weighted by Crippen LogP contribution is 2.26. The van der Waals surface area contributed by atoms with Crippen LogP contribution in [0.1, 0.15) is 26.5 Å². The molecule has 20 heavy (non-hydrogen) atoms. The summed E-state index contributed by atoms with van der Waals surface area (Å²) >= 11 is 1.13. The molecule has 0 saturated heterocycles. The molecular formula is C14H12F2N2OS. The molecule has 1 aromatic heterocycles. The van der Waals surface area contributed by atoms with Gasteiger partial charge in [0.2, 0.25) is 0 Å². The number of halogens is 2. The Morgan fingerprint density at radius 1 is 1.30 bits per heavy atom. The molecule has 0 atom stereocenters. The molecule has 0 radical (unpaired) electrons. The zero-order valence-electron chi connectivity index (χ0n) is 10.8. The van der Waals surface area contributed by atoms with E-state index in [1.165, 1.54) is 4.90 Å². The number of hydrogen-bond acceptors (Lipinski definition) is 3. The fraction of sp³-hybridized carbons (Fsp3) is 0.286. The highest BCUT2D eigenvalue weighted by molar-refractivity contribution is 7.08. The molecule has 6 heteroatoms.